The minimum Gasteiger partial charge on any atom is -0.369 e. The van der Waals surface area contributed by atoms with Crippen LogP contribution in [-0.2, 0) is 10.2 Å². The lowest BCUT2D eigenvalue weighted by Gasteiger charge is -2.40. The number of hydrogen-bond acceptors (Lipinski definition) is 1. The van der Waals surface area contributed by atoms with Gasteiger partial charge < -0.3 is 10.2 Å². The summed E-state index contributed by atoms with van der Waals surface area (Å²) < 4.78 is 0.967. The van der Waals surface area contributed by atoms with Crippen LogP contribution < -0.4 is 5.73 Å². The third kappa shape index (κ3) is 3.65. The van der Waals surface area contributed by atoms with E-state index in [1.807, 2.05) is 30.3 Å². The van der Waals surface area contributed by atoms with E-state index in [0.29, 0.717) is 0 Å². The van der Waals surface area contributed by atoms with Gasteiger partial charge in [0.2, 0.25) is 5.91 Å². The second-order valence-corrected chi connectivity index (χ2v) is 6.58. The van der Waals surface area contributed by atoms with Crippen LogP contribution in [-0.4, -0.2) is 37.1 Å². The summed E-state index contributed by atoms with van der Waals surface area (Å²) in [5, 5.41) is 0. The first kappa shape index (κ1) is 17.7. The van der Waals surface area contributed by atoms with Gasteiger partial charge in [0.1, 0.15) is 0 Å². The van der Waals surface area contributed by atoms with Crippen molar-refractivity contribution < 1.29 is 9.28 Å². The highest BCUT2D eigenvalue weighted by molar-refractivity contribution is 5.87. The number of carbonyl (C=O) groups is 1. The van der Waals surface area contributed by atoms with Crippen molar-refractivity contribution >= 4 is 5.91 Å². The van der Waals surface area contributed by atoms with E-state index in [1.54, 1.807) is 0 Å². The summed E-state index contributed by atoms with van der Waals surface area (Å²) in [7, 11) is 2.25. The Balaban J connectivity index is 3.18. The molecule has 0 saturated heterocycles. The number of quaternary nitrogens is 1. The Morgan fingerprint density at radius 2 is 1.71 bits per heavy atom. The number of nitrogens with zero attached hydrogens (tertiary/aromatic N) is 1. The Morgan fingerprint density at radius 1 is 1.19 bits per heavy atom. The van der Waals surface area contributed by atoms with E-state index in [1.165, 1.54) is 0 Å². The van der Waals surface area contributed by atoms with Gasteiger partial charge >= 0.3 is 0 Å². The Kier molecular flexibility index (Phi) is 5.97. The van der Waals surface area contributed by atoms with Crippen LogP contribution in [0.3, 0.4) is 0 Å². The summed E-state index contributed by atoms with van der Waals surface area (Å²) >= 11 is 0. The van der Waals surface area contributed by atoms with E-state index >= 15 is 0 Å². The molecule has 1 amide bonds. The molecule has 0 radical (unpaired) electrons. The zero-order valence-corrected chi connectivity index (χ0v) is 14.2. The summed E-state index contributed by atoms with van der Waals surface area (Å²) in [6.45, 7) is 11.7. The van der Waals surface area contributed by atoms with Crippen LogP contribution in [0.1, 0.15) is 39.7 Å². The third-order valence-electron chi connectivity index (χ3n) is 5.29. The number of benzene rings is 1. The summed E-state index contributed by atoms with van der Waals surface area (Å²) in [6, 6.07) is 10.0. The van der Waals surface area contributed by atoms with Crippen LogP contribution in [0.5, 0.6) is 0 Å². The zero-order chi connectivity index (χ0) is 16.1. The maximum Gasteiger partial charge on any atom is 0.228 e. The highest BCUT2D eigenvalue weighted by atomic mass is 16.1. The van der Waals surface area contributed by atoms with Gasteiger partial charge in [-0.2, -0.15) is 0 Å². The second kappa shape index (κ2) is 7.08. The van der Waals surface area contributed by atoms with Crippen LogP contribution in [0.15, 0.2) is 30.3 Å². The fourth-order valence-electron chi connectivity index (χ4n) is 3.04. The van der Waals surface area contributed by atoms with E-state index in [9.17, 15) is 4.79 Å². The molecule has 0 saturated carbocycles. The van der Waals surface area contributed by atoms with Crippen LogP contribution >= 0.6 is 0 Å². The molecule has 0 heterocycles. The SMILES string of the molecule is CC[N+](C)(CC)CCC(C(N)=O)(c1ccccc1)C(C)C. The average molecular weight is 291 g/mol. The predicted octanol–water partition coefficient (Wildman–Crippen LogP) is 2.94. The van der Waals surface area contributed by atoms with Gasteiger partial charge in [-0.1, -0.05) is 44.2 Å². The molecular formula is C18H31N2O+. The van der Waals surface area contributed by atoms with Crippen molar-refractivity contribution in [3.05, 3.63) is 35.9 Å². The molecule has 2 N–H and O–H groups in total. The minimum atomic E-state index is -0.578. The van der Waals surface area contributed by atoms with Crippen LogP contribution in [0.4, 0.5) is 0 Å². The third-order valence-corrected chi connectivity index (χ3v) is 5.29. The molecule has 0 aromatic heterocycles. The number of rotatable bonds is 8. The molecule has 3 nitrogen and oxygen atoms in total. The molecule has 0 spiro atoms. The van der Waals surface area contributed by atoms with E-state index in [2.05, 4.69) is 34.7 Å². The van der Waals surface area contributed by atoms with Gasteiger partial charge in [0.05, 0.1) is 32.1 Å². The molecule has 1 aromatic carbocycles. The zero-order valence-electron chi connectivity index (χ0n) is 14.2. The van der Waals surface area contributed by atoms with Crippen molar-refractivity contribution in [2.75, 3.05) is 26.7 Å². The summed E-state index contributed by atoms with van der Waals surface area (Å²) in [5.41, 5.74) is 6.34. The Hall–Kier alpha value is -1.35. The van der Waals surface area contributed by atoms with Crippen molar-refractivity contribution in [1.82, 2.24) is 0 Å². The van der Waals surface area contributed by atoms with Crippen LogP contribution in [0.25, 0.3) is 0 Å². The van der Waals surface area contributed by atoms with E-state index in [4.69, 9.17) is 5.73 Å². The smallest absolute Gasteiger partial charge is 0.228 e. The number of nitrogens with two attached hydrogens (primary N) is 1. The van der Waals surface area contributed by atoms with Gasteiger partial charge in [-0.15, -0.1) is 0 Å². The monoisotopic (exact) mass is 291 g/mol. The highest BCUT2D eigenvalue weighted by Gasteiger charge is 2.43. The molecule has 1 atom stereocenters. The Labute approximate surface area is 129 Å². The fraction of sp³-hybridized carbons (Fsp3) is 0.611. The van der Waals surface area contributed by atoms with Crippen molar-refractivity contribution in [2.24, 2.45) is 11.7 Å². The highest BCUT2D eigenvalue weighted by Crippen LogP contribution is 2.36. The molecule has 1 rings (SSSR count). The van der Waals surface area contributed by atoms with Gasteiger partial charge in [0.15, 0.2) is 0 Å². The minimum absolute atomic E-state index is 0.180. The van der Waals surface area contributed by atoms with E-state index < -0.39 is 5.41 Å². The second-order valence-electron chi connectivity index (χ2n) is 6.58. The first-order valence-corrected chi connectivity index (χ1v) is 8.01. The molecule has 0 aliphatic rings. The first-order chi connectivity index (χ1) is 9.82. The number of primary amides is 1. The maximum absolute atomic E-state index is 12.4. The largest absolute Gasteiger partial charge is 0.369 e. The summed E-state index contributed by atoms with van der Waals surface area (Å²) in [4.78, 5) is 12.4. The number of hydrogen-bond donors (Lipinski definition) is 1. The summed E-state index contributed by atoms with van der Waals surface area (Å²) in [5.74, 6) is -0.0259. The van der Waals surface area contributed by atoms with Crippen molar-refractivity contribution in [1.29, 1.82) is 0 Å². The van der Waals surface area contributed by atoms with Crippen LogP contribution in [0.2, 0.25) is 0 Å². The molecule has 1 unspecified atom stereocenters. The van der Waals surface area contributed by atoms with Gasteiger partial charge in [-0.05, 0) is 25.3 Å². The number of carbonyl (C=O) groups excluding carboxylic acids is 1. The summed E-state index contributed by atoms with van der Waals surface area (Å²) in [6.07, 6.45) is 0.794. The molecule has 118 valence electrons. The lowest BCUT2D eigenvalue weighted by atomic mass is 9.68. The predicted molar refractivity (Wildman–Crippen MR) is 88.9 cm³/mol. The maximum atomic E-state index is 12.4. The molecule has 3 heteroatoms. The molecule has 0 aliphatic heterocycles. The van der Waals surface area contributed by atoms with Crippen molar-refractivity contribution in [3.63, 3.8) is 0 Å². The fourth-order valence-corrected chi connectivity index (χ4v) is 3.04. The normalized spacial score (nSPS) is 15.0. The first-order valence-electron chi connectivity index (χ1n) is 8.01. The quantitative estimate of drug-likeness (QED) is 0.735. The average Bonchev–Trinajstić information content (AvgIpc) is 2.48. The molecule has 1 aromatic rings. The Bertz CT molecular complexity index is 452. The molecule has 0 fully saturated rings. The van der Waals surface area contributed by atoms with Gasteiger partial charge in [-0.3, -0.25) is 4.79 Å². The molecule has 21 heavy (non-hydrogen) atoms. The van der Waals surface area contributed by atoms with Crippen molar-refractivity contribution in [3.8, 4) is 0 Å². The topological polar surface area (TPSA) is 43.1 Å². The molecule has 0 bridgehead atoms. The van der Waals surface area contributed by atoms with Gasteiger partial charge in [-0.25, -0.2) is 0 Å². The molecular weight excluding hydrogens is 260 g/mol. The van der Waals surface area contributed by atoms with Crippen LogP contribution in [0, 0.1) is 5.92 Å². The Morgan fingerprint density at radius 3 is 2.10 bits per heavy atom. The van der Waals surface area contributed by atoms with Crippen molar-refractivity contribution in [2.45, 2.75) is 39.5 Å². The lowest BCUT2D eigenvalue weighted by molar-refractivity contribution is -0.906. The van der Waals surface area contributed by atoms with E-state index in [-0.39, 0.29) is 11.8 Å². The van der Waals surface area contributed by atoms with Gasteiger partial charge in [0, 0.05) is 6.42 Å². The number of amides is 1. The van der Waals surface area contributed by atoms with E-state index in [0.717, 1.165) is 36.1 Å². The lowest BCUT2D eigenvalue weighted by Crippen LogP contribution is -2.52. The molecule has 0 aliphatic carbocycles. The van der Waals surface area contributed by atoms with Gasteiger partial charge in [0.25, 0.3) is 0 Å². The standard InChI is InChI=1S/C18H30N2O/c1-6-20(5,7-2)14-13-18(15(3)4,17(19)21)16-11-9-8-10-12-16/h8-12,15H,6-7,13-14H2,1-5H3,(H-,19,21)/p+1.